The number of rotatable bonds is 4. The monoisotopic (exact) mass is 377 g/mol. The molecule has 3 amide bonds. The highest BCUT2D eigenvalue weighted by Gasteiger charge is 2.41. The molecule has 0 spiro atoms. The third-order valence-electron chi connectivity index (χ3n) is 4.07. The van der Waals surface area contributed by atoms with E-state index < -0.39 is 29.7 Å². The molecule has 8 heteroatoms. The summed E-state index contributed by atoms with van der Waals surface area (Å²) >= 11 is 0. The van der Waals surface area contributed by atoms with Crippen LogP contribution in [0.4, 0.5) is 9.59 Å². The fourth-order valence-electron chi connectivity index (χ4n) is 2.79. The standard InChI is InChI=1S/C19H27N3O5/c1-19(2,3)27-18(25)22-10-14(16(23)20-4)15(11-22)21-17(24)26-12-13-8-6-5-7-9-13/h5-9,14-15H,10-12H2,1-4H3,(H,20,23)(H,21,24). The van der Waals surface area contributed by atoms with Gasteiger partial charge in [-0.2, -0.15) is 0 Å². The summed E-state index contributed by atoms with van der Waals surface area (Å²) in [5, 5.41) is 5.26. The number of benzene rings is 1. The SMILES string of the molecule is CNC(=O)C1CN(C(=O)OC(C)(C)C)CC1NC(=O)OCc1ccccc1. The minimum atomic E-state index is -0.639. The van der Waals surface area contributed by atoms with Gasteiger partial charge in [-0.05, 0) is 26.3 Å². The van der Waals surface area contributed by atoms with Crippen molar-refractivity contribution in [1.82, 2.24) is 15.5 Å². The number of alkyl carbamates (subject to hydrolysis) is 1. The maximum Gasteiger partial charge on any atom is 0.410 e. The van der Waals surface area contributed by atoms with Crippen LogP contribution in [0.2, 0.25) is 0 Å². The number of carbonyl (C=O) groups is 3. The number of likely N-dealkylation sites (tertiary alicyclic amines) is 1. The van der Waals surface area contributed by atoms with Crippen LogP contribution in [0.1, 0.15) is 26.3 Å². The molecule has 1 aromatic carbocycles. The van der Waals surface area contributed by atoms with Gasteiger partial charge in [-0.1, -0.05) is 30.3 Å². The van der Waals surface area contributed by atoms with E-state index in [2.05, 4.69) is 10.6 Å². The molecule has 27 heavy (non-hydrogen) atoms. The molecule has 2 rings (SSSR count). The Morgan fingerprint density at radius 1 is 1.15 bits per heavy atom. The van der Waals surface area contributed by atoms with Crippen LogP contribution in [-0.2, 0) is 20.9 Å². The van der Waals surface area contributed by atoms with E-state index in [9.17, 15) is 14.4 Å². The molecule has 2 unspecified atom stereocenters. The lowest BCUT2D eigenvalue weighted by Gasteiger charge is -2.24. The topological polar surface area (TPSA) is 97.0 Å². The van der Waals surface area contributed by atoms with Crippen molar-refractivity contribution in [2.75, 3.05) is 20.1 Å². The van der Waals surface area contributed by atoms with Gasteiger partial charge in [0, 0.05) is 20.1 Å². The summed E-state index contributed by atoms with van der Waals surface area (Å²) in [6.45, 7) is 5.78. The van der Waals surface area contributed by atoms with Crippen LogP contribution in [-0.4, -0.2) is 54.8 Å². The van der Waals surface area contributed by atoms with Gasteiger partial charge in [0.05, 0.1) is 12.0 Å². The Balaban J connectivity index is 1.96. The van der Waals surface area contributed by atoms with E-state index in [1.54, 1.807) is 20.8 Å². The van der Waals surface area contributed by atoms with E-state index in [0.717, 1.165) is 5.56 Å². The molecule has 8 nitrogen and oxygen atoms in total. The second-order valence-corrected chi connectivity index (χ2v) is 7.42. The third-order valence-corrected chi connectivity index (χ3v) is 4.07. The Hall–Kier alpha value is -2.77. The van der Waals surface area contributed by atoms with E-state index in [-0.39, 0.29) is 25.6 Å². The first kappa shape index (κ1) is 20.5. The summed E-state index contributed by atoms with van der Waals surface area (Å²) in [7, 11) is 1.52. The summed E-state index contributed by atoms with van der Waals surface area (Å²) in [5.41, 5.74) is 0.219. The van der Waals surface area contributed by atoms with Gasteiger partial charge in [0.15, 0.2) is 0 Å². The fraction of sp³-hybridized carbons (Fsp3) is 0.526. The second kappa shape index (κ2) is 8.75. The average molecular weight is 377 g/mol. The Labute approximate surface area is 159 Å². The summed E-state index contributed by atoms with van der Waals surface area (Å²) < 4.78 is 10.6. The van der Waals surface area contributed by atoms with Crippen molar-refractivity contribution >= 4 is 18.1 Å². The van der Waals surface area contributed by atoms with Gasteiger partial charge in [-0.15, -0.1) is 0 Å². The molecule has 1 heterocycles. The average Bonchev–Trinajstić information content (AvgIpc) is 3.03. The lowest BCUT2D eigenvalue weighted by Crippen LogP contribution is -2.45. The number of ether oxygens (including phenoxy) is 2. The maximum atomic E-state index is 12.3. The molecule has 0 bridgehead atoms. The third kappa shape index (κ3) is 6.16. The zero-order valence-corrected chi connectivity index (χ0v) is 16.2. The minimum Gasteiger partial charge on any atom is -0.445 e. The lowest BCUT2D eigenvalue weighted by molar-refractivity contribution is -0.124. The van der Waals surface area contributed by atoms with Gasteiger partial charge in [0.2, 0.25) is 5.91 Å². The summed E-state index contributed by atoms with van der Waals surface area (Å²) in [4.78, 5) is 38.0. The molecule has 1 fully saturated rings. The van der Waals surface area contributed by atoms with Crippen molar-refractivity contribution in [3.63, 3.8) is 0 Å². The molecule has 1 aromatic rings. The largest absolute Gasteiger partial charge is 0.445 e. The highest BCUT2D eigenvalue weighted by Crippen LogP contribution is 2.20. The van der Waals surface area contributed by atoms with Gasteiger partial charge in [-0.3, -0.25) is 4.79 Å². The predicted molar refractivity (Wildman–Crippen MR) is 98.9 cm³/mol. The Morgan fingerprint density at radius 3 is 2.41 bits per heavy atom. The number of amides is 3. The molecule has 2 atom stereocenters. The molecule has 148 valence electrons. The Bertz CT molecular complexity index is 672. The first-order chi connectivity index (χ1) is 12.7. The molecule has 1 aliphatic heterocycles. The smallest absolute Gasteiger partial charge is 0.410 e. The second-order valence-electron chi connectivity index (χ2n) is 7.42. The highest BCUT2D eigenvalue weighted by atomic mass is 16.6. The number of hydrogen-bond donors (Lipinski definition) is 2. The van der Waals surface area contributed by atoms with E-state index >= 15 is 0 Å². The van der Waals surface area contributed by atoms with Gasteiger partial charge in [0.25, 0.3) is 0 Å². The van der Waals surface area contributed by atoms with E-state index in [1.165, 1.54) is 11.9 Å². The van der Waals surface area contributed by atoms with Crippen molar-refractivity contribution in [2.45, 2.75) is 39.0 Å². The van der Waals surface area contributed by atoms with Gasteiger partial charge in [-0.25, -0.2) is 9.59 Å². The molecule has 0 aromatic heterocycles. The Morgan fingerprint density at radius 2 is 1.81 bits per heavy atom. The quantitative estimate of drug-likeness (QED) is 0.835. The number of hydrogen-bond acceptors (Lipinski definition) is 5. The van der Waals surface area contributed by atoms with Crippen LogP contribution in [0, 0.1) is 5.92 Å². The molecule has 1 aliphatic rings. The molecule has 1 saturated heterocycles. The van der Waals surface area contributed by atoms with Crippen molar-refractivity contribution < 1.29 is 23.9 Å². The molecular weight excluding hydrogens is 350 g/mol. The zero-order valence-electron chi connectivity index (χ0n) is 16.2. The van der Waals surface area contributed by atoms with E-state index in [1.807, 2.05) is 30.3 Å². The summed E-state index contributed by atoms with van der Waals surface area (Å²) in [5.74, 6) is -0.832. The van der Waals surface area contributed by atoms with Crippen LogP contribution >= 0.6 is 0 Å². The predicted octanol–water partition coefficient (Wildman–Crippen LogP) is 1.89. The van der Waals surface area contributed by atoms with Crippen molar-refractivity contribution in [1.29, 1.82) is 0 Å². The van der Waals surface area contributed by atoms with E-state index in [0.29, 0.717) is 0 Å². The van der Waals surface area contributed by atoms with Crippen LogP contribution in [0.25, 0.3) is 0 Å². The number of nitrogens with zero attached hydrogens (tertiary/aromatic N) is 1. The summed E-state index contributed by atoms with van der Waals surface area (Å²) in [6, 6.07) is 8.73. The molecule has 2 N–H and O–H groups in total. The maximum absolute atomic E-state index is 12.3. The van der Waals surface area contributed by atoms with Gasteiger partial charge in [0.1, 0.15) is 12.2 Å². The van der Waals surface area contributed by atoms with Gasteiger partial charge >= 0.3 is 12.2 Å². The minimum absolute atomic E-state index is 0.125. The number of nitrogens with one attached hydrogen (secondary N) is 2. The van der Waals surface area contributed by atoms with Gasteiger partial charge < -0.3 is 25.0 Å². The summed E-state index contributed by atoms with van der Waals surface area (Å²) in [6.07, 6.45) is -1.15. The van der Waals surface area contributed by atoms with Crippen molar-refractivity contribution in [2.24, 2.45) is 5.92 Å². The zero-order chi connectivity index (χ0) is 20.0. The Kier molecular flexibility index (Phi) is 6.65. The first-order valence-electron chi connectivity index (χ1n) is 8.86. The molecule has 0 aliphatic carbocycles. The van der Waals surface area contributed by atoms with Crippen molar-refractivity contribution in [3.05, 3.63) is 35.9 Å². The first-order valence-corrected chi connectivity index (χ1v) is 8.86. The van der Waals surface area contributed by atoms with E-state index in [4.69, 9.17) is 9.47 Å². The lowest BCUT2D eigenvalue weighted by atomic mass is 10.0. The molecule has 0 saturated carbocycles. The van der Waals surface area contributed by atoms with Crippen molar-refractivity contribution in [3.8, 4) is 0 Å². The fourth-order valence-corrected chi connectivity index (χ4v) is 2.79. The number of carbonyl (C=O) groups excluding carboxylic acids is 3. The van der Waals surface area contributed by atoms with Crippen LogP contribution in [0.15, 0.2) is 30.3 Å². The molecule has 0 radical (unpaired) electrons. The van der Waals surface area contributed by atoms with Crippen LogP contribution in [0.3, 0.4) is 0 Å². The normalized spacial score (nSPS) is 19.3. The van der Waals surface area contributed by atoms with Crippen LogP contribution < -0.4 is 10.6 Å². The van der Waals surface area contributed by atoms with Crippen LogP contribution in [0.5, 0.6) is 0 Å². The molecular formula is C19H27N3O5. The highest BCUT2D eigenvalue weighted by molar-refractivity contribution is 5.82.